The summed E-state index contributed by atoms with van der Waals surface area (Å²) in [6.45, 7) is 0. The zero-order valence-electron chi connectivity index (χ0n) is 10.1. The van der Waals surface area contributed by atoms with Crippen molar-refractivity contribution in [2.45, 2.75) is 11.3 Å². The van der Waals surface area contributed by atoms with Crippen molar-refractivity contribution in [1.82, 2.24) is 0 Å². The van der Waals surface area contributed by atoms with Gasteiger partial charge in [-0.05, 0) is 45.8 Å². The molecule has 2 aromatic rings. The molecule has 19 heavy (non-hydrogen) atoms. The molecule has 0 bridgehead atoms. The number of ketones is 1. The van der Waals surface area contributed by atoms with Crippen LogP contribution in [-0.4, -0.2) is 11.5 Å². The lowest BCUT2D eigenvalue weighted by molar-refractivity contribution is -0.116. The van der Waals surface area contributed by atoms with E-state index in [1.165, 1.54) is 23.9 Å². The first-order valence-corrected chi connectivity index (χ1v) is 7.56. The fraction of sp³-hybridized carbons (Fsp3) is 0.133. The van der Waals surface area contributed by atoms with E-state index in [0.29, 0.717) is 12.2 Å². The van der Waals surface area contributed by atoms with Gasteiger partial charge in [0.1, 0.15) is 11.6 Å². The van der Waals surface area contributed by atoms with Crippen LogP contribution in [0, 0.1) is 5.82 Å². The zero-order chi connectivity index (χ0) is 13.7. The summed E-state index contributed by atoms with van der Waals surface area (Å²) >= 11 is 4.95. The minimum atomic E-state index is -0.279. The van der Waals surface area contributed by atoms with E-state index in [-0.39, 0.29) is 11.6 Å². The van der Waals surface area contributed by atoms with Gasteiger partial charge < -0.3 is 0 Å². The van der Waals surface area contributed by atoms with Crippen LogP contribution in [0.25, 0.3) is 0 Å². The first-order valence-electron chi connectivity index (χ1n) is 5.78. The summed E-state index contributed by atoms with van der Waals surface area (Å²) in [6.07, 6.45) is 0.345. The molecular weight excluding hydrogens is 327 g/mol. The lowest BCUT2D eigenvalue weighted by Crippen LogP contribution is -2.05. The fourth-order valence-electron chi connectivity index (χ4n) is 1.60. The van der Waals surface area contributed by atoms with E-state index in [2.05, 4.69) is 15.9 Å². The number of carbonyl (C=O) groups is 1. The van der Waals surface area contributed by atoms with E-state index in [9.17, 15) is 9.18 Å². The zero-order valence-corrected chi connectivity index (χ0v) is 12.5. The molecule has 0 atom stereocenters. The minimum Gasteiger partial charge on any atom is -0.298 e. The smallest absolute Gasteiger partial charge is 0.147 e. The highest BCUT2D eigenvalue weighted by molar-refractivity contribution is 9.10. The standard InChI is InChI=1S/C15H12BrFOS/c16-14-3-1-2-4-15(14)19-10-13(18)9-11-5-7-12(17)8-6-11/h1-8H,9-10H2. The molecule has 0 N–H and O–H groups in total. The van der Waals surface area contributed by atoms with Crippen molar-refractivity contribution < 1.29 is 9.18 Å². The predicted octanol–water partition coefficient (Wildman–Crippen LogP) is 4.49. The molecular formula is C15H12BrFOS. The Hall–Kier alpha value is -1.13. The van der Waals surface area contributed by atoms with Gasteiger partial charge in [0, 0.05) is 15.8 Å². The van der Waals surface area contributed by atoms with Gasteiger partial charge in [-0.25, -0.2) is 4.39 Å². The maximum Gasteiger partial charge on any atom is 0.147 e. The van der Waals surface area contributed by atoms with Crippen molar-refractivity contribution in [1.29, 1.82) is 0 Å². The van der Waals surface area contributed by atoms with Crippen molar-refractivity contribution in [2.75, 3.05) is 5.75 Å². The monoisotopic (exact) mass is 338 g/mol. The van der Waals surface area contributed by atoms with Crippen LogP contribution < -0.4 is 0 Å². The molecule has 0 heterocycles. The topological polar surface area (TPSA) is 17.1 Å². The van der Waals surface area contributed by atoms with Crippen LogP contribution in [0.5, 0.6) is 0 Å². The van der Waals surface area contributed by atoms with Crippen molar-refractivity contribution in [3.8, 4) is 0 Å². The molecule has 0 aliphatic rings. The molecule has 0 spiro atoms. The lowest BCUT2D eigenvalue weighted by Gasteiger charge is -2.04. The summed E-state index contributed by atoms with van der Waals surface area (Å²) in [6, 6.07) is 13.9. The summed E-state index contributed by atoms with van der Waals surface area (Å²) in [5, 5.41) is 0. The first kappa shape index (κ1) is 14.3. The molecule has 4 heteroatoms. The van der Waals surface area contributed by atoms with E-state index in [1.54, 1.807) is 12.1 Å². The van der Waals surface area contributed by atoms with E-state index < -0.39 is 0 Å². The van der Waals surface area contributed by atoms with Crippen molar-refractivity contribution in [3.05, 3.63) is 64.4 Å². The maximum atomic E-state index is 12.7. The number of hydrogen-bond acceptors (Lipinski definition) is 2. The Balaban J connectivity index is 1.88. The van der Waals surface area contributed by atoms with E-state index in [0.717, 1.165) is 14.9 Å². The van der Waals surface area contributed by atoms with Crippen LogP contribution in [0.1, 0.15) is 5.56 Å². The molecule has 98 valence electrons. The van der Waals surface area contributed by atoms with Crippen LogP contribution in [-0.2, 0) is 11.2 Å². The second kappa shape index (κ2) is 6.87. The molecule has 0 radical (unpaired) electrons. The third kappa shape index (κ3) is 4.48. The summed E-state index contributed by atoms with van der Waals surface area (Å²) in [4.78, 5) is 12.9. The Morgan fingerprint density at radius 1 is 1.11 bits per heavy atom. The summed E-state index contributed by atoms with van der Waals surface area (Å²) < 4.78 is 13.7. The number of Topliss-reactive ketones (excluding diaryl/α,β-unsaturated/α-hetero) is 1. The molecule has 0 saturated carbocycles. The number of benzene rings is 2. The quantitative estimate of drug-likeness (QED) is 0.747. The van der Waals surface area contributed by atoms with E-state index in [1.807, 2.05) is 24.3 Å². The number of halogens is 2. The summed E-state index contributed by atoms with van der Waals surface area (Å²) in [5.41, 5.74) is 0.846. The van der Waals surface area contributed by atoms with Gasteiger partial charge in [0.25, 0.3) is 0 Å². The Labute approximate surface area is 124 Å². The molecule has 0 fully saturated rings. The highest BCUT2D eigenvalue weighted by Gasteiger charge is 2.06. The van der Waals surface area contributed by atoms with Crippen LogP contribution in [0.15, 0.2) is 57.9 Å². The maximum absolute atomic E-state index is 12.7. The van der Waals surface area contributed by atoms with Gasteiger partial charge in [-0.15, -0.1) is 11.8 Å². The Bertz CT molecular complexity index is 569. The van der Waals surface area contributed by atoms with Gasteiger partial charge in [0.05, 0.1) is 5.75 Å². The molecule has 0 aliphatic carbocycles. The molecule has 0 unspecified atom stereocenters. The second-order valence-electron chi connectivity index (χ2n) is 4.06. The Morgan fingerprint density at radius 2 is 1.79 bits per heavy atom. The van der Waals surface area contributed by atoms with E-state index in [4.69, 9.17) is 0 Å². The highest BCUT2D eigenvalue weighted by Crippen LogP contribution is 2.27. The van der Waals surface area contributed by atoms with Crippen LogP contribution in [0.4, 0.5) is 4.39 Å². The molecule has 0 saturated heterocycles. The van der Waals surface area contributed by atoms with Gasteiger partial charge in [-0.3, -0.25) is 4.79 Å². The summed E-state index contributed by atoms with van der Waals surface area (Å²) in [5.74, 6) is 0.270. The Morgan fingerprint density at radius 3 is 2.47 bits per heavy atom. The number of carbonyl (C=O) groups excluding carboxylic acids is 1. The normalized spacial score (nSPS) is 10.4. The van der Waals surface area contributed by atoms with Gasteiger partial charge in [-0.2, -0.15) is 0 Å². The third-order valence-electron chi connectivity index (χ3n) is 2.54. The summed E-state index contributed by atoms with van der Waals surface area (Å²) in [7, 11) is 0. The predicted molar refractivity (Wildman–Crippen MR) is 80.0 cm³/mol. The number of thioether (sulfide) groups is 1. The average molecular weight is 339 g/mol. The number of rotatable bonds is 5. The molecule has 2 rings (SSSR count). The molecule has 0 amide bonds. The van der Waals surface area contributed by atoms with Crippen molar-refractivity contribution >= 4 is 33.5 Å². The largest absolute Gasteiger partial charge is 0.298 e. The SMILES string of the molecule is O=C(CSc1ccccc1Br)Cc1ccc(F)cc1. The van der Waals surface area contributed by atoms with Crippen LogP contribution >= 0.6 is 27.7 Å². The van der Waals surface area contributed by atoms with Crippen molar-refractivity contribution in [2.24, 2.45) is 0 Å². The fourth-order valence-corrected chi connectivity index (χ4v) is 3.03. The second-order valence-corrected chi connectivity index (χ2v) is 5.93. The van der Waals surface area contributed by atoms with Gasteiger partial charge in [0.2, 0.25) is 0 Å². The van der Waals surface area contributed by atoms with Gasteiger partial charge >= 0.3 is 0 Å². The molecule has 1 nitrogen and oxygen atoms in total. The molecule has 2 aromatic carbocycles. The average Bonchev–Trinajstić information content (AvgIpc) is 2.40. The minimum absolute atomic E-state index is 0.132. The van der Waals surface area contributed by atoms with Gasteiger partial charge in [0.15, 0.2) is 0 Å². The van der Waals surface area contributed by atoms with Gasteiger partial charge in [-0.1, -0.05) is 24.3 Å². The van der Waals surface area contributed by atoms with Crippen molar-refractivity contribution in [3.63, 3.8) is 0 Å². The lowest BCUT2D eigenvalue weighted by atomic mass is 10.1. The molecule has 0 aromatic heterocycles. The van der Waals surface area contributed by atoms with Crippen LogP contribution in [0.3, 0.4) is 0 Å². The first-order chi connectivity index (χ1) is 9.15. The number of hydrogen-bond donors (Lipinski definition) is 0. The molecule has 0 aliphatic heterocycles. The van der Waals surface area contributed by atoms with Crippen LogP contribution in [0.2, 0.25) is 0 Å². The Kier molecular flexibility index (Phi) is 5.16. The van der Waals surface area contributed by atoms with E-state index >= 15 is 0 Å². The third-order valence-corrected chi connectivity index (χ3v) is 4.63. The highest BCUT2D eigenvalue weighted by atomic mass is 79.9.